The lowest BCUT2D eigenvalue weighted by Gasteiger charge is -2.08. The number of rotatable bonds is 6. The van der Waals surface area contributed by atoms with Gasteiger partial charge in [-0.15, -0.1) is 0 Å². The van der Waals surface area contributed by atoms with E-state index < -0.39 is 0 Å². The number of carbonyl (C=O) groups is 1. The van der Waals surface area contributed by atoms with Gasteiger partial charge in [0.15, 0.2) is 0 Å². The molecule has 5 nitrogen and oxygen atoms in total. The average Bonchev–Trinajstić information content (AvgIpc) is 2.68. The zero-order valence-electron chi connectivity index (χ0n) is 14.4. The normalized spacial score (nSPS) is 10.4. The zero-order valence-corrected chi connectivity index (χ0v) is 14.4. The van der Waals surface area contributed by atoms with Crippen molar-refractivity contribution < 1.29 is 9.18 Å². The quantitative estimate of drug-likeness (QED) is 0.704. The molecule has 26 heavy (non-hydrogen) atoms. The first-order valence-corrected chi connectivity index (χ1v) is 8.35. The summed E-state index contributed by atoms with van der Waals surface area (Å²) < 4.78 is 12.9. The van der Waals surface area contributed by atoms with Crippen molar-refractivity contribution in [1.82, 2.24) is 9.97 Å². The highest BCUT2D eigenvalue weighted by Gasteiger charge is 2.09. The molecule has 3 aromatic rings. The number of benzene rings is 2. The summed E-state index contributed by atoms with van der Waals surface area (Å²) in [6, 6.07) is 15.4. The van der Waals surface area contributed by atoms with E-state index >= 15 is 0 Å². The minimum Gasteiger partial charge on any atom is -0.350 e. The van der Waals surface area contributed by atoms with Crippen LogP contribution in [-0.2, 0) is 13.0 Å². The Hall–Kier alpha value is -3.28. The third-order valence-corrected chi connectivity index (χ3v) is 3.87. The number of anilines is 2. The predicted octanol–water partition coefficient (Wildman–Crippen LogP) is 4.04. The van der Waals surface area contributed by atoms with Crippen molar-refractivity contribution in [3.8, 4) is 0 Å². The molecular weight excluding hydrogens is 331 g/mol. The highest BCUT2D eigenvalue weighted by atomic mass is 19.1. The van der Waals surface area contributed by atoms with Crippen LogP contribution in [0.3, 0.4) is 0 Å². The van der Waals surface area contributed by atoms with Gasteiger partial charge in [-0.3, -0.25) is 4.79 Å². The van der Waals surface area contributed by atoms with Gasteiger partial charge in [0.05, 0.1) is 0 Å². The molecule has 1 heterocycles. The molecule has 0 atom stereocenters. The molecule has 2 N–H and O–H groups in total. The van der Waals surface area contributed by atoms with Crippen molar-refractivity contribution in [1.29, 1.82) is 0 Å². The first kappa shape index (κ1) is 17.5. The summed E-state index contributed by atoms with van der Waals surface area (Å²) in [4.78, 5) is 20.7. The third-order valence-electron chi connectivity index (χ3n) is 3.87. The fraction of sp³-hybridized carbons (Fsp3) is 0.150. The Balaban J connectivity index is 1.63. The lowest BCUT2D eigenvalue weighted by Crippen LogP contribution is -2.15. The molecule has 0 saturated carbocycles. The van der Waals surface area contributed by atoms with Gasteiger partial charge in [0, 0.05) is 18.4 Å². The molecule has 0 saturated heterocycles. The van der Waals surface area contributed by atoms with Gasteiger partial charge in [-0.1, -0.05) is 31.2 Å². The van der Waals surface area contributed by atoms with Crippen molar-refractivity contribution in [2.45, 2.75) is 19.9 Å². The maximum Gasteiger partial charge on any atom is 0.274 e. The van der Waals surface area contributed by atoms with Crippen LogP contribution in [0.2, 0.25) is 0 Å². The number of hydrogen-bond acceptors (Lipinski definition) is 4. The Morgan fingerprint density at radius 3 is 2.38 bits per heavy atom. The second kappa shape index (κ2) is 8.20. The lowest BCUT2D eigenvalue weighted by atomic mass is 10.1. The maximum absolute atomic E-state index is 12.9. The minimum absolute atomic E-state index is 0.265. The predicted molar refractivity (Wildman–Crippen MR) is 99.5 cm³/mol. The summed E-state index contributed by atoms with van der Waals surface area (Å²) in [5.74, 6) is -0.250. The summed E-state index contributed by atoms with van der Waals surface area (Å²) >= 11 is 0. The van der Waals surface area contributed by atoms with E-state index in [4.69, 9.17) is 0 Å². The lowest BCUT2D eigenvalue weighted by molar-refractivity contribution is 0.102. The van der Waals surface area contributed by atoms with Crippen LogP contribution in [0.4, 0.5) is 16.0 Å². The first-order valence-electron chi connectivity index (χ1n) is 8.35. The Kier molecular flexibility index (Phi) is 5.53. The number of halogens is 1. The minimum atomic E-state index is -0.304. The van der Waals surface area contributed by atoms with Gasteiger partial charge in [0.25, 0.3) is 5.91 Å². The van der Waals surface area contributed by atoms with Crippen LogP contribution in [0.5, 0.6) is 0 Å². The number of amides is 1. The van der Waals surface area contributed by atoms with Crippen molar-refractivity contribution in [3.05, 3.63) is 83.4 Å². The van der Waals surface area contributed by atoms with Crippen LogP contribution in [0.25, 0.3) is 0 Å². The second-order valence-corrected chi connectivity index (χ2v) is 5.75. The smallest absolute Gasteiger partial charge is 0.274 e. The van der Waals surface area contributed by atoms with Crippen LogP contribution in [0.1, 0.15) is 28.5 Å². The SMILES string of the molecule is CCc1ccc(NC(=O)c2ccnc(NCc3ccc(F)cc3)n2)cc1. The number of carbonyl (C=O) groups excluding carboxylic acids is 1. The van der Waals surface area contributed by atoms with Gasteiger partial charge in [-0.2, -0.15) is 0 Å². The average molecular weight is 350 g/mol. The molecule has 0 unspecified atom stereocenters. The van der Waals surface area contributed by atoms with Crippen LogP contribution < -0.4 is 10.6 Å². The van der Waals surface area contributed by atoms with Crippen molar-refractivity contribution in [2.75, 3.05) is 10.6 Å². The van der Waals surface area contributed by atoms with E-state index in [-0.39, 0.29) is 17.4 Å². The molecule has 3 rings (SSSR count). The number of aryl methyl sites for hydroxylation is 1. The van der Waals surface area contributed by atoms with Gasteiger partial charge >= 0.3 is 0 Å². The van der Waals surface area contributed by atoms with Crippen molar-refractivity contribution >= 4 is 17.5 Å². The molecular formula is C20H19FN4O. The topological polar surface area (TPSA) is 66.9 Å². The summed E-state index contributed by atoms with van der Waals surface area (Å²) in [5.41, 5.74) is 3.07. The van der Waals surface area contributed by atoms with Crippen molar-refractivity contribution in [2.24, 2.45) is 0 Å². The number of hydrogen-bond donors (Lipinski definition) is 2. The van der Waals surface area contributed by atoms with E-state index in [1.165, 1.54) is 23.9 Å². The largest absolute Gasteiger partial charge is 0.350 e. The third kappa shape index (κ3) is 4.63. The van der Waals surface area contributed by atoms with Crippen LogP contribution >= 0.6 is 0 Å². The highest BCUT2D eigenvalue weighted by Crippen LogP contribution is 2.12. The van der Waals surface area contributed by atoms with Gasteiger partial charge in [0.2, 0.25) is 5.95 Å². The fourth-order valence-corrected chi connectivity index (χ4v) is 2.37. The molecule has 6 heteroatoms. The van der Waals surface area contributed by atoms with E-state index in [2.05, 4.69) is 27.5 Å². The second-order valence-electron chi connectivity index (χ2n) is 5.75. The zero-order chi connectivity index (χ0) is 18.4. The molecule has 0 aliphatic carbocycles. The molecule has 0 aliphatic rings. The Morgan fingerprint density at radius 2 is 1.69 bits per heavy atom. The van der Waals surface area contributed by atoms with E-state index in [9.17, 15) is 9.18 Å². The standard InChI is InChI=1S/C20H19FN4O/c1-2-14-5-9-17(10-6-14)24-19(26)18-11-12-22-20(25-18)23-13-15-3-7-16(21)8-4-15/h3-12H,2,13H2,1H3,(H,24,26)(H,22,23,25). The van der Waals surface area contributed by atoms with E-state index in [1.807, 2.05) is 24.3 Å². The van der Waals surface area contributed by atoms with Crippen LogP contribution in [-0.4, -0.2) is 15.9 Å². The van der Waals surface area contributed by atoms with Crippen molar-refractivity contribution in [3.63, 3.8) is 0 Å². The Labute approximate surface area is 151 Å². The Morgan fingerprint density at radius 1 is 1.00 bits per heavy atom. The van der Waals surface area contributed by atoms with Crippen LogP contribution in [0.15, 0.2) is 60.8 Å². The monoisotopic (exact) mass is 350 g/mol. The molecule has 0 spiro atoms. The molecule has 0 radical (unpaired) electrons. The van der Waals surface area contributed by atoms with Gasteiger partial charge < -0.3 is 10.6 Å². The molecule has 1 aromatic heterocycles. The summed E-state index contributed by atoms with van der Waals surface area (Å²) in [6.45, 7) is 2.51. The molecule has 132 valence electrons. The molecule has 1 amide bonds. The maximum atomic E-state index is 12.9. The molecule has 2 aromatic carbocycles. The van der Waals surface area contributed by atoms with Gasteiger partial charge in [-0.25, -0.2) is 14.4 Å². The first-order chi connectivity index (χ1) is 12.6. The number of aromatic nitrogens is 2. The van der Waals surface area contributed by atoms with E-state index in [0.717, 1.165) is 12.0 Å². The molecule has 0 aliphatic heterocycles. The summed E-state index contributed by atoms with van der Waals surface area (Å²) in [5, 5.41) is 5.85. The van der Waals surface area contributed by atoms with E-state index in [1.54, 1.807) is 18.2 Å². The Bertz CT molecular complexity index is 879. The van der Waals surface area contributed by atoms with E-state index in [0.29, 0.717) is 18.2 Å². The molecule has 0 fully saturated rings. The molecule has 0 bridgehead atoms. The van der Waals surface area contributed by atoms with Gasteiger partial charge in [-0.05, 0) is 47.9 Å². The number of nitrogens with zero attached hydrogens (tertiary/aromatic N) is 2. The fourth-order valence-electron chi connectivity index (χ4n) is 2.37. The highest BCUT2D eigenvalue weighted by molar-refractivity contribution is 6.02. The van der Waals surface area contributed by atoms with Gasteiger partial charge in [0.1, 0.15) is 11.5 Å². The van der Waals surface area contributed by atoms with Crippen LogP contribution in [0, 0.1) is 5.82 Å². The number of nitrogens with one attached hydrogen (secondary N) is 2. The summed E-state index contributed by atoms with van der Waals surface area (Å²) in [7, 11) is 0. The summed E-state index contributed by atoms with van der Waals surface area (Å²) in [6.07, 6.45) is 2.47.